The van der Waals surface area contributed by atoms with Gasteiger partial charge in [0.2, 0.25) is 0 Å². The van der Waals surface area contributed by atoms with Crippen molar-refractivity contribution in [2.24, 2.45) is 11.8 Å². The molecule has 0 heterocycles. The number of allylic oxidation sites excluding steroid dienone is 1. The molecule has 2 unspecified atom stereocenters. The third kappa shape index (κ3) is 3.51. The molecule has 0 aromatic heterocycles. The lowest BCUT2D eigenvalue weighted by atomic mass is 9.91. The maximum Gasteiger partial charge on any atom is -0.00180 e. The van der Waals surface area contributed by atoms with Gasteiger partial charge in [-0.3, -0.25) is 0 Å². The van der Waals surface area contributed by atoms with E-state index in [1.54, 1.807) is 0 Å². The maximum absolute atomic E-state index is 3.79. The van der Waals surface area contributed by atoms with Gasteiger partial charge >= 0.3 is 0 Å². The summed E-state index contributed by atoms with van der Waals surface area (Å²) in [5.41, 5.74) is 0. The molecular weight excluding hydrogens is 158 g/mol. The fourth-order valence-corrected chi connectivity index (χ4v) is 2.42. The molecule has 0 amide bonds. The van der Waals surface area contributed by atoms with E-state index in [1.807, 2.05) is 0 Å². The molecule has 0 aromatic rings. The summed E-state index contributed by atoms with van der Waals surface area (Å²) in [5, 5.41) is 3.47. The zero-order chi connectivity index (χ0) is 9.52. The van der Waals surface area contributed by atoms with E-state index in [9.17, 15) is 0 Å². The molecule has 1 rings (SSSR count). The Bertz CT molecular complexity index is 142. The SMILES string of the molecule is C=CCCC1CCCC1CNCC. The number of hydrogen-bond donors (Lipinski definition) is 1. The zero-order valence-electron chi connectivity index (χ0n) is 8.89. The van der Waals surface area contributed by atoms with Crippen LogP contribution < -0.4 is 5.32 Å². The Labute approximate surface area is 82.6 Å². The largest absolute Gasteiger partial charge is 0.317 e. The van der Waals surface area contributed by atoms with Crippen molar-refractivity contribution in [3.05, 3.63) is 12.7 Å². The fraction of sp³-hybridized carbons (Fsp3) is 0.833. The van der Waals surface area contributed by atoms with Crippen molar-refractivity contribution in [2.75, 3.05) is 13.1 Å². The van der Waals surface area contributed by atoms with Crippen LogP contribution in [0.4, 0.5) is 0 Å². The molecule has 76 valence electrons. The Morgan fingerprint density at radius 3 is 2.85 bits per heavy atom. The van der Waals surface area contributed by atoms with Crippen LogP contribution in [0.1, 0.15) is 39.0 Å². The van der Waals surface area contributed by atoms with Crippen molar-refractivity contribution in [1.82, 2.24) is 5.32 Å². The predicted octanol–water partition coefficient (Wildman–Crippen LogP) is 2.98. The van der Waals surface area contributed by atoms with Crippen molar-refractivity contribution < 1.29 is 0 Å². The molecule has 13 heavy (non-hydrogen) atoms. The van der Waals surface area contributed by atoms with Crippen molar-refractivity contribution in [3.63, 3.8) is 0 Å². The molecular formula is C12H23N. The first kappa shape index (κ1) is 10.8. The number of nitrogens with one attached hydrogen (secondary N) is 1. The van der Waals surface area contributed by atoms with Gasteiger partial charge in [-0.15, -0.1) is 6.58 Å². The van der Waals surface area contributed by atoms with Gasteiger partial charge in [-0.25, -0.2) is 0 Å². The lowest BCUT2D eigenvalue weighted by molar-refractivity contribution is 0.352. The molecule has 2 atom stereocenters. The Kier molecular flexibility index (Phi) is 5.14. The normalized spacial score (nSPS) is 27.8. The molecule has 1 aliphatic rings. The van der Waals surface area contributed by atoms with Gasteiger partial charge in [0.1, 0.15) is 0 Å². The summed E-state index contributed by atoms with van der Waals surface area (Å²) in [5.74, 6) is 1.91. The quantitative estimate of drug-likeness (QED) is 0.621. The predicted molar refractivity (Wildman–Crippen MR) is 58.8 cm³/mol. The molecule has 1 nitrogen and oxygen atoms in total. The number of hydrogen-bond acceptors (Lipinski definition) is 1. The Morgan fingerprint density at radius 2 is 2.15 bits per heavy atom. The van der Waals surface area contributed by atoms with Gasteiger partial charge in [-0.05, 0) is 44.2 Å². The van der Waals surface area contributed by atoms with Crippen LogP contribution in [0.3, 0.4) is 0 Å². The van der Waals surface area contributed by atoms with Crippen LogP contribution in [-0.4, -0.2) is 13.1 Å². The molecule has 1 saturated carbocycles. The van der Waals surface area contributed by atoms with Gasteiger partial charge in [-0.2, -0.15) is 0 Å². The van der Waals surface area contributed by atoms with Crippen molar-refractivity contribution >= 4 is 0 Å². The van der Waals surface area contributed by atoms with E-state index in [-0.39, 0.29) is 0 Å². The van der Waals surface area contributed by atoms with Crippen LogP contribution in [0, 0.1) is 11.8 Å². The summed E-state index contributed by atoms with van der Waals surface area (Å²) in [6, 6.07) is 0. The summed E-state index contributed by atoms with van der Waals surface area (Å²) in [6.45, 7) is 8.33. The zero-order valence-corrected chi connectivity index (χ0v) is 8.89. The molecule has 1 N–H and O–H groups in total. The van der Waals surface area contributed by atoms with E-state index in [0.717, 1.165) is 18.4 Å². The monoisotopic (exact) mass is 181 g/mol. The van der Waals surface area contributed by atoms with E-state index in [0.29, 0.717) is 0 Å². The smallest absolute Gasteiger partial charge is 0.00180 e. The number of rotatable bonds is 6. The highest BCUT2D eigenvalue weighted by Gasteiger charge is 2.25. The highest BCUT2D eigenvalue weighted by atomic mass is 14.8. The van der Waals surface area contributed by atoms with Crippen LogP contribution in [0.25, 0.3) is 0 Å². The average molecular weight is 181 g/mol. The highest BCUT2D eigenvalue weighted by Crippen LogP contribution is 2.34. The molecule has 1 aliphatic carbocycles. The summed E-state index contributed by atoms with van der Waals surface area (Å²) in [4.78, 5) is 0. The van der Waals surface area contributed by atoms with Crippen molar-refractivity contribution in [3.8, 4) is 0 Å². The topological polar surface area (TPSA) is 12.0 Å². The Hall–Kier alpha value is -0.300. The maximum atomic E-state index is 3.79. The molecule has 0 spiro atoms. The van der Waals surface area contributed by atoms with Crippen LogP contribution in [0.15, 0.2) is 12.7 Å². The molecule has 0 bridgehead atoms. The Morgan fingerprint density at radius 1 is 1.38 bits per heavy atom. The average Bonchev–Trinajstić information content (AvgIpc) is 2.59. The second kappa shape index (κ2) is 6.20. The molecule has 0 saturated heterocycles. The molecule has 0 aliphatic heterocycles. The first-order valence-electron chi connectivity index (χ1n) is 5.70. The summed E-state index contributed by atoms with van der Waals surface area (Å²) < 4.78 is 0. The first-order valence-corrected chi connectivity index (χ1v) is 5.70. The molecule has 0 radical (unpaired) electrons. The highest BCUT2D eigenvalue weighted by molar-refractivity contribution is 4.81. The van der Waals surface area contributed by atoms with Crippen molar-refractivity contribution in [2.45, 2.75) is 39.0 Å². The second-order valence-electron chi connectivity index (χ2n) is 4.12. The van der Waals surface area contributed by atoms with Gasteiger partial charge in [0.15, 0.2) is 0 Å². The van der Waals surface area contributed by atoms with Gasteiger partial charge in [0.25, 0.3) is 0 Å². The third-order valence-corrected chi connectivity index (χ3v) is 3.21. The minimum atomic E-state index is 0.944. The summed E-state index contributed by atoms with van der Waals surface area (Å²) in [6.07, 6.45) is 8.95. The standard InChI is InChI=1S/C12H23N/c1-3-5-7-11-8-6-9-12(11)10-13-4-2/h3,11-13H,1,4-10H2,2H3. The van der Waals surface area contributed by atoms with E-state index in [1.165, 1.54) is 38.6 Å². The second-order valence-corrected chi connectivity index (χ2v) is 4.12. The lowest BCUT2D eigenvalue weighted by Crippen LogP contribution is -2.24. The van der Waals surface area contributed by atoms with Gasteiger partial charge < -0.3 is 5.32 Å². The minimum Gasteiger partial charge on any atom is -0.317 e. The summed E-state index contributed by atoms with van der Waals surface area (Å²) in [7, 11) is 0. The van der Waals surface area contributed by atoms with Crippen LogP contribution in [0.2, 0.25) is 0 Å². The van der Waals surface area contributed by atoms with Gasteiger partial charge in [0, 0.05) is 0 Å². The van der Waals surface area contributed by atoms with Gasteiger partial charge in [-0.1, -0.05) is 25.8 Å². The fourth-order valence-electron chi connectivity index (χ4n) is 2.42. The van der Waals surface area contributed by atoms with Crippen molar-refractivity contribution in [1.29, 1.82) is 0 Å². The van der Waals surface area contributed by atoms with Gasteiger partial charge in [0.05, 0.1) is 0 Å². The first-order chi connectivity index (χ1) is 6.38. The van der Waals surface area contributed by atoms with E-state index in [2.05, 4.69) is 24.9 Å². The summed E-state index contributed by atoms with van der Waals surface area (Å²) >= 11 is 0. The molecule has 1 fully saturated rings. The molecule has 0 aromatic carbocycles. The van der Waals surface area contributed by atoms with Crippen LogP contribution in [-0.2, 0) is 0 Å². The lowest BCUT2D eigenvalue weighted by Gasteiger charge is -2.18. The Balaban J connectivity index is 2.21. The van der Waals surface area contributed by atoms with E-state index < -0.39 is 0 Å². The van der Waals surface area contributed by atoms with E-state index >= 15 is 0 Å². The van der Waals surface area contributed by atoms with Crippen LogP contribution >= 0.6 is 0 Å². The third-order valence-electron chi connectivity index (χ3n) is 3.21. The minimum absolute atomic E-state index is 0.944. The van der Waals surface area contributed by atoms with E-state index in [4.69, 9.17) is 0 Å². The molecule has 1 heteroatoms. The van der Waals surface area contributed by atoms with Crippen LogP contribution in [0.5, 0.6) is 0 Å².